The van der Waals surface area contributed by atoms with Crippen molar-refractivity contribution in [3.63, 3.8) is 0 Å². The Morgan fingerprint density at radius 3 is 2.56 bits per heavy atom. The van der Waals surface area contributed by atoms with Crippen molar-refractivity contribution >= 4 is 0 Å². The summed E-state index contributed by atoms with van der Waals surface area (Å²) < 4.78 is 24.0. The smallest absolute Gasteiger partial charge is 0.0243 e. The van der Waals surface area contributed by atoms with Gasteiger partial charge in [-0.2, -0.15) is 0 Å². The van der Waals surface area contributed by atoms with E-state index in [1.54, 1.807) is 0 Å². The molecule has 0 saturated heterocycles. The molecule has 3 rings (SSSR count). The minimum absolute atomic E-state index is 0.912. The summed E-state index contributed by atoms with van der Waals surface area (Å²) in [5.74, 6) is 0. The van der Waals surface area contributed by atoms with E-state index < -0.39 is 12.3 Å². The molecule has 0 amide bonds. The second-order valence-electron chi connectivity index (χ2n) is 4.67. The average Bonchev–Trinajstić information content (AvgIpc) is 2.62. The van der Waals surface area contributed by atoms with Crippen molar-refractivity contribution in [2.45, 2.75) is 26.1 Å². The molecule has 0 aromatic heterocycles. The van der Waals surface area contributed by atoms with Crippen molar-refractivity contribution in [3.8, 4) is 11.1 Å². The van der Waals surface area contributed by atoms with E-state index >= 15 is 0 Å². The van der Waals surface area contributed by atoms with E-state index in [1.165, 1.54) is 0 Å². The Hall–Kier alpha value is -1.56. The third-order valence-corrected chi connectivity index (χ3v) is 3.55. The lowest BCUT2D eigenvalue weighted by Crippen LogP contribution is -2.14. The molecule has 0 N–H and O–H groups in total. The van der Waals surface area contributed by atoms with E-state index in [4.69, 9.17) is 4.11 Å². The van der Waals surface area contributed by atoms with Gasteiger partial charge in [-0.3, -0.25) is 0 Å². The lowest BCUT2D eigenvalue weighted by Gasteiger charge is -2.21. The van der Waals surface area contributed by atoms with Crippen LogP contribution >= 0.6 is 0 Å². The lowest BCUT2D eigenvalue weighted by atomic mass is 9.82. The van der Waals surface area contributed by atoms with Gasteiger partial charge in [0.25, 0.3) is 0 Å². The van der Waals surface area contributed by atoms with Crippen LogP contribution in [0, 0.1) is 6.92 Å². The van der Waals surface area contributed by atoms with E-state index in [2.05, 4.69) is 0 Å². The van der Waals surface area contributed by atoms with E-state index in [0.29, 0.717) is 0 Å². The van der Waals surface area contributed by atoms with Crippen LogP contribution in [0.4, 0.5) is 0 Å². The Kier molecular flexibility index (Phi) is 1.28. The van der Waals surface area contributed by atoms with Gasteiger partial charge in [-0.25, -0.2) is 0 Å². The normalized spacial score (nSPS) is 25.2. The summed E-state index contributed by atoms with van der Waals surface area (Å²) >= 11 is 0. The van der Waals surface area contributed by atoms with Gasteiger partial charge in [0.1, 0.15) is 0 Å². The molecule has 0 heterocycles. The predicted molar refractivity (Wildman–Crippen MR) is 68.7 cm³/mol. The van der Waals surface area contributed by atoms with Crippen LogP contribution < -0.4 is 0 Å². The molecule has 80 valence electrons. The van der Waals surface area contributed by atoms with Gasteiger partial charge in [-0.1, -0.05) is 56.2 Å². The third kappa shape index (κ3) is 1.05. The van der Waals surface area contributed by atoms with Gasteiger partial charge in [-0.15, -0.1) is 0 Å². The summed E-state index contributed by atoms with van der Waals surface area (Å²) in [6.07, 6.45) is 0. The molecule has 0 nitrogen and oxygen atoms in total. The molecule has 1 unspecified atom stereocenters. The van der Waals surface area contributed by atoms with Crippen LogP contribution in [-0.4, -0.2) is 0 Å². The zero-order valence-corrected chi connectivity index (χ0v) is 9.54. The van der Waals surface area contributed by atoms with Crippen LogP contribution in [0.5, 0.6) is 0 Å². The molecule has 0 spiro atoms. The molecule has 2 aromatic rings. The monoisotopic (exact) mass is 211 g/mol. The van der Waals surface area contributed by atoms with Crippen molar-refractivity contribution in [2.24, 2.45) is 0 Å². The maximum absolute atomic E-state index is 7.99. The highest BCUT2D eigenvalue weighted by atomic mass is 14.4. The molecule has 0 saturated carbocycles. The zero-order chi connectivity index (χ0) is 13.8. The number of rotatable bonds is 0. The Morgan fingerprint density at radius 1 is 1.00 bits per heavy atom. The van der Waals surface area contributed by atoms with Crippen molar-refractivity contribution in [3.05, 3.63) is 59.2 Å². The third-order valence-electron chi connectivity index (χ3n) is 3.55. The molecule has 0 fully saturated rings. The minimum atomic E-state index is -2.05. The summed E-state index contributed by atoms with van der Waals surface area (Å²) in [7, 11) is 0. The van der Waals surface area contributed by atoms with Gasteiger partial charge in [-0.05, 0) is 34.7 Å². The van der Waals surface area contributed by atoms with Crippen molar-refractivity contribution in [1.82, 2.24) is 0 Å². The van der Waals surface area contributed by atoms with E-state index in [1.807, 2.05) is 56.3 Å². The number of fused-ring (bicyclic) bond motifs is 3. The highest BCUT2D eigenvalue weighted by molar-refractivity contribution is 5.82. The van der Waals surface area contributed by atoms with E-state index in [9.17, 15) is 0 Å². The second-order valence-corrected chi connectivity index (χ2v) is 4.67. The summed E-state index contributed by atoms with van der Waals surface area (Å²) in [5.41, 5.74) is 4.22. The summed E-state index contributed by atoms with van der Waals surface area (Å²) in [6.45, 7) is 1.83. The standard InChI is InChI=1S/C16H16/c1-11-7-6-10-14-15(11)12-8-4-5-9-13(12)16(14,2)3/h4-10H,1-3H3/i2D3. The molecule has 0 bridgehead atoms. The average molecular weight is 211 g/mol. The van der Waals surface area contributed by atoms with Crippen molar-refractivity contribution < 1.29 is 4.11 Å². The first-order valence-corrected chi connectivity index (χ1v) is 5.57. The molecular formula is C16H16. The lowest BCUT2D eigenvalue weighted by molar-refractivity contribution is 0.660. The Bertz CT molecular complexity index is 655. The van der Waals surface area contributed by atoms with Crippen LogP contribution in [0.3, 0.4) is 0 Å². The molecule has 0 aliphatic heterocycles. The maximum atomic E-state index is 7.99. The van der Waals surface area contributed by atoms with Crippen LogP contribution in [0.15, 0.2) is 42.5 Å². The number of hydrogen-bond acceptors (Lipinski definition) is 0. The van der Waals surface area contributed by atoms with Crippen LogP contribution in [0.2, 0.25) is 0 Å². The Labute approximate surface area is 101 Å². The molecule has 1 aliphatic carbocycles. The number of benzene rings is 2. The molecule has 0 radical (unpaired) electrons. The van der Waals surface area contributed by atoms with Gasteiger partial charge >= 0.3 is 0 Å². The molecule has 2 aromatic carbocycles. The summed E-state index contributed by atoms with van der Waals surface area (Å²) in [6, 6.07) is 13.8. The van der Waals surface area contributed by atoms with Crippen molar-refractivity contribution in [1.29, 1.82) is 0 Å². The first-order valence-electron chi connectivity index (χ1n) is 7.07. The zero-order valence-electron chi connectivity index (χ0n) is 12.5. The Morgan fingerprint density at radius 2 is 1.75 bits per heavy atom. The SMILES string of the molecule is [2H]C([2H])([2H])C1(C)c2ccccc2-c2c(C)cccc21. The van der Waals surface area contributed by atoms with Gasteiger partial charge < -0.3 is 0 Å². The highest BCUT2D eigenvalue weighted by Gasteiger charge is 2.35. The van der Waals surface area contributed by atoms with Crippen molar-refractivity contribution in [2.75, 3.05) is 0 Å². The van der Waals surface area contributed by atoms with Crippen LogP contribution in [-0.2, 0) is 5.41 Å². The largest absolute Gasteiger partial charge is 0.0619 e. The molecule has 16 heavy (non-hydrogen) atoms. The topological polar surface area (TPSA) is 0 Å². The molecule has 1 aliphatic rings. The highest BCUT2D eigenvalue weighted by Crippen LogP contribution is 2.49. The van der Waals surface area contributed by atoms with E-state index in [-0.39, 0.29) is 0 Å². The Balaban J connectivity index is 2.45. The van der Waals surface area contributed by atoms with Gasteiger partial charge in [0.05, 0.1) is 0 Å². The fraction of sp³-hybridized carbons (Fsp3) is 0.250. The fourth-order valence-electron chi connectivity index (χ4n) is 2.72. The first-order chi connectivity index (χ1) is 8.87. The second kappa shape index (κ2) is 2.98. The van der Waals surface area contributed by atoms with Crippen LogP contribution in [0.1, 0.15) is 34.6 Å². The quantitative estimate of drug-likeness (QED) is 0.609. The first kappa shape index (κ1) is 6.90. The summed E-state index contributed by atoms with van der Waals surface area (Å²) in [5, 5.41) is 0. The molecule has 1 atom stereocenters. The van der Waals surface area contributed by atoms with Gasteiger partial charge in [0.2, 0.25) is 0 Å². The van der Waals surface area contributed by atoms with Crippen LogP contribution in [0.25, 0.3) is 11.1 Å². The molecule has 0 heteroatoms. The maximum Gasteiger partial charge on any atom is 0.0243 e. The number of aryl methyl sites for hydroxylation is 1. The van der Waals surface area contributed by atoms with E-state index in [0.717, 1.165) is 27.8 Å². The number of hydrogen-bond donors (Lipinski definition) is 0. The molecular weight excluding hydrogens is 192 g/mol. The fourth-order valence-corrected chi connectivity index (χ4v) is 2.72. The predicted octanol–water partition coefficient (Wildman–Crippen LogP) is 4.30. The van der Waals surface area contributed by atoms with Gasteiger partial charge in [0, 0.05) is 9.53 Å². The minimum Gasteiger partial charge on any atom is -0.0619 e. The summed E-state index contributed by atoms with van der Waals surface area (Å²) in [4.78, 5) is 0. The van der Waals surface area contributed by atoms with Gasteiger partial charge in [0.15, 0.2) is 0 Å².